The van der Waals surface area contributed by atoms with Gasteiger partial charge >= 0.3 is 103 Å². The maximum absolute atomic E-state index is 5.79. The Morgan fingerprint density at radius 3 is 2.94 bits per heavy atom. The van der Waals surface area contributed by atoms with Gasteiger partial charge in [0.15, 0.2) is 0 Å². The number of ether oxygens (including phenoxy) is 2. The van der Waals surface area contributed by atoms with Gasteiger partial charge in [-0.05, 0) is 0 Å². The standard InChI is InChI=1S/C13H18O2Se/c1-14-12-8-5-9-15-13(12)10-16-11-6-3-2-4-7-11/h2-4,6-7,12-13H,5,8-10H2,1H3/t12-,13-/m1/s1. The summed E-state index contributed by atoms with van der Waals surface area (Å²) in [6, 6.07) is 10.7. The van der Waals surface area contributed by atoms with Crippen LogP contribution < -0.4 is 4.46 Å². The number of benzene rings is 1. The van der Waals surface area contributed by atoms with Crippen LogP contribution in [0.15, 0.2) is 30.3 Å². The predicted molar refractivity (Wildman–Crippen MR) is 66.4 cm³/mol. The van der Waals surface area contributed by atoms with Crippen LogP contribution in [0.25, 0.3) is 0 Å². The summed E-state index contributed by atoms with van der Waals surface area (Å²) in [6.07, 6.45) is 2.89. The molecule has 1 aromatic rings. The van der Waals surface area contributed by atoms with Crippen LogP contribution in [0, 0.1) is 0 Å². The van der Waals surface area contributed by atoms with E-state index < -0.39 is 0 Å². The Hall–Kier alpha value is -0.341. The van der Waals surface area contributed by atoms with Gasteiger partial charge in [0.2, 0.25) is 0 Å². The molecule has 1 aromatic carbocycles. The Bertz CT molecular complexity index is 302. The molecular formula is C13H18O2Se. The van der Waals surface area contributed by atoms with Crippen LogP contribution in [0.1, 0.15) is 12.8 Å². The maximum atomic E-state index is 5.79. The van der Waals surface area contributed by atoms with Gasteiger partial charge in [-0.2, -0.15) is 0 Å². The molecule has 0 spiro atoms. The van der Waals surface area contributed by atoms with Gasteiger partial charge in [0.25, 0.3) is 0 Å². The van der Waals surface area contributed by atoms with Crippen LogP contribution >= 0.6 is 0 Å². The molecule has 0 amide bonds. The van der Waals surface area contributed by atoms with Crippen LogP contribution in [0.4, 0.5) is 0 Å². The Morgan fingerprint density at radius 1 is 1.38 bits per heavy atom. The average molecular weight is 285 g/mol. The molecule has 2 rings (SSSR count). The Balaban J connectivity index is 1.84. The Morgan fingerprint density at radius 2 is 2.19 bits per heavy atom. The van der Waals surface area contributed by atoms with Crippen molar-refractivity contribution in [1.29, 1.82) is 0 Å². The van der Waals surface area contributed by atoms with Gasteiger partial charge in [0.1, 0.15) is 0 Å². The predicted octanol–water partition coefficient (Wildman–Crippen LogP) is 1.63. The second-order valence-corrected chi connectivity index (χ2v) is 6.24. The monoisotopic (exact) mass is 286 g/mol. The zero-order valence-corrected chi connectivity index (χ0v) is 11.3. The van der Waals surface area contributed by atoms with Gasteiger partial charge in [-0.25, -0.2) is 0 Å². The van der Waals surface area contributed by atoms with Crippen molar-refractivity contribution < 1.29 is 9.47 Å². The topological polar surface area (TPSA) is 18.5 Å². The van der Waals surface area contributed by atoms with Crippen LogP contribution in [0.5, 0.6) is 0 Å². The summed E-state index contributed by atoms with van der Waals surface area (Å²) in [5.41, 5.74) is 0. The van der Waals surface area contributed by atoms with Crippen molar-refractivity contribution in [3.8, 4) is 0 Å². The van der Waals surface area contributed by atoms with E-state index in [0.717, 1.165) is 24.8 Å². The molecule has 0 radical (unpaired) electrons. The molecular weight excluding hydrogens is 267 g/mol. The molecule has 0 aromatic heterocycles. The molecule has 1 heterocycles. The number of methoxy groups -OCH3 is 1. The molecule has 0 saturated carbocycles. The van der Waals surface area contributed by atoms with Crippen molar-refractivity contribution in [2.24, 2.45) is 0 Å². The van der Waals surface area contributed by atoms with Crippen LogP contribution in [-0.2, 0) is 9.47 Å². The first-order chi connectivity index (χ1) is 7.90. The summed E-state index contributed by atoms with van der Waals surface area (Å²) in [6.45, 7) is 0.898. The van der Waals surface area contributed by atoms with Crippen molar-refractivity contribution in [1.82, 2.24) is 0 Å². The zero-order valence-electron chi connectivity index (χ0n) is 9.59. The third-order valence-electron chi connectivity index (χ3n) is 2.84. The molecule has 2 atom stereocenters. The fourth-order valence-electron chi connectivity index (χ4n) is 1.93. The van der Waals surface area contributed by atoms with Crippen molar-refractivity contribution in [2.75, 3.05) is 13.7 Å². The van der Waals surface area contributed by atoms with Crippen molar-refractivity contribution in [2.45, 2.75) is 30.4 Å². The first-order valence-corrected chi connectivity index (χ1v) is 7.79. The third kappa shape index (κ3) is 3.32. The second-order valence-electron chi connectivity index (χ2n) is 3.95. The number of hydrogen-bond donors (Lipinski definition) is 0. The first kappa shape index (κ1) is 12.1. The van der Waals surface area contributed by atoms with E-state index in [0.29, 0.717) is 27.2 Å². The second kappa shape index (κ2) is 6.41. The normalized spacial score (nSPS) is 25.6. The van der Waals surface area contributed by atoms with E-state index in [-0.39, 0.29) is 0 Å². The zero-order chi connectivity index (χ0) is 11.2. The summed E-state index contributed by atoms with van der Waals surface area (Å²) < 4.78 is 12.7. The van der Waals surface area contributed by atoms with E-state index >= 15 is 0 Å². The number of rotatable bonds is 4. The van der Waals surface area contributed by atoms with E-state index in [1.165, 1.54) is 4.46 Å². The average Bonchev–Trinajstić information content (AvgIpc) is 2.38. The minimum atomic E-state index is 0.305. The molecule has 16 heavy (non-hydrogen) atoms. The summed E-state index contributed by atoms with van der Waals surface area (Å²) >= 11 is 0.500. The molecule has 0 N–H and O–H groups in total. The van der Waals surface area contributed by atoms with Crippen molar-refractivity contribution in [3.63, 3.8) is 0 Å². The minimum absolute atomic E-state index is 0.305. The molecule has 1 aliphatic heterocycles. The molecule has 0 aliphatic carbocycles. The Kier molecular flexibility index (Phi) is 4.86. The van der Waals surface area contributed by atoms with Crippen LogP contribution in [0.3, 0.4) is 0 Å². The fraction of sp³-hybridized carbons (Fsp3) is 0.538. The molecule has 1 saturated heterocycles. The van der Waals surface area contributed by atoms with E-state index in [1.54, 1.807) is 7.11 Å². The molecule has 2 nitrogen and oxygen atoms in total. The molecule has 0 bridgehead atoms. The van der Waals surface area contributed by atoms with Gasteiger partial charge in [-0.15, -0.1) is 0 Å². The van der Waals surface area contributed by atoms with Crippen molar-refractivity contribution in [3.05, 3.63) is 30.3 Å². The fourth-order valence-corrected chi connectivity index (χ4v) is 4.07. The van der Waals surface area contributed by atoms with Crippen LogP contribution in [-0.4, -0.2) is 40.9 Å². The summed E-state index contributed by atoms with van der Waals surface area (Å²) in [5.74, 6) is 0. The molecule has 1 fully saturated rings. The van der Waals surface area contributed by atoms with Gasteiger partial charge < -0.3 is 0 Å². The summed E-state index contributed by atoms with van der Waals surface area (Å²) in [4.78, 5) is 0. The van der Waals surface area contributed by atoms with Crippen molar-refractivity contribution >= 4 is 19.4 Å². The van der Waals surface area contributed by atoms with E-state index in [1.807, 2.05) is 0 Å². The van der Waals surface area contributed by atoms with Gasteiger partial charge in [0.05, 0.1) is 0 Å². The van der Waals surface area contributed by atoms with E-state index in [2.05, 4.69) is 30.3 Å². The molecule has 0 unspecified atom stereocenters. The molecule has 88 valence electrons. The Labute approximate surface area is 103 Å². The summed E-state index contributed by atoms with van der Waals surface area (Å²) in [7, 11) is 1.79. The van der Waals surface area contributed by atoms with Gasteiger partial charge in [-0.3, -0.25) is 0 Å². The first-order valence-electron chi connectivity index (χ1n) is 5.72. The third-order valence-corrected chi connectivity index (χ3v) is 5.15. The van der Waals surface area contributed by atoms with Gasteiger partial charge in [-0.1, -0.05) is 0 Å². The van der Waals surface area contributed by atoms with Gasteiger partial charge in [0, 0.05) is 0 Å². The van der Waals surface area contributed by atoms with Crippen LogP contribution in [0.2, 0.25) is 5.32 Å². The molecule has 3 heteroatoms. The quantitative estimate of drug-likeness (QED) is 0.783. The van der Waals surface area contributed by atoms with E-state index in [9.17, 15) is 0 Å². The summed E-state index contributed by atoms with van der Waals surface area (Å²) in [5, 5.41) is 1.12. The number of hydrogen-bond acceptors (Lipinski definition) is 2. The SMILES string of the molecule is CO[C@@H]1CCCO[C@@H]1C[Se]c1ccccc1. The van der Waals surface area contributed by atoms with E-state index in [4.69, 9.17) is 9.47 Å². The molecule has 1 aliphatic rings.